The highest BCUT2D eigenvalue weighted by molar-refractivity contribution is 7.07. The van der Waals surface area contributed by atoms with E-state index in [2.05, 4.69) is 45.9 Å². The molecule has 0 saturated carbocycles. The Labute approximate surface area is 188 Å². The molecule has 0 saturated heterocycles. The highest BCUT2D eigenvalue weighted by Gasteiger charge is 2.38. The van der Waals surface area contributed by atoms with Crippen LogP contribution in [0.1, 0.15) is 22.6 Å². The largest absolute Gasteiger partial charge is 0.490 e. The molecule has 0 fully saturated rings. The lowest BCUT2D eigenvalue weighted by Crippen LogP contribution is -2.30. The number of hydrogen-bond donors (Lipinski definition) is 2. The number of carboxylic acids is 2. The Balaban J connectivity index is 0.000000324. The van der Waals surface area contributed by atoms with Gasteiger partial charge in [0.05, 0.1) is 0 Å². The van der Waals surface area contributed by atoms with Crippen LogP contribution in [0, 0.1) is 0 Å². The van der Waals surface area contributed by atoms with Crippen LogP contribution >= 0.6 is 11.3 Å². The van der Waals surface area contributed by atoms with E-state index in [4.69, 9.17) is 24.3 Å². The topological polar surface area (TPSA) is 107 Å². The smallest absolute Gasteiger partial charge is 0.475 e. The average molecular weight is 505 g/mol. The summed E-state index contributed by atoms with van der Waals surface area (Å²) in [6.45, 7) is 3.89. The van der Waals surface area contributed by atoms with Gasteiger partial charge >= 0.3 is 24.3 Å². The van der Waals surface area contributed by atoms with E-state index in [9.17, 15) is 26.3 Å². The molecule has 3 rings (SSSR count). The summed E-state index contributed by atoms with van der Waals surface area (Å²) in [5, 5.41) is 22.8. The van der Waals surface area contributed by atoms with Crippen molar-refractivity contribution >= 4 is 23.3 Å². The predicted octanol–water partition coefficient (Wildman–Crippen LogP) is 3.62. The van der Waals surface area contributed by atoms with Gasteiger partial charge in [0.1, 0.15) is 11.5 Å². The van der Waals surface area contributed by atoms with Gasteiger partial charge in [-0.3, -0.25) is 4.90 Å². The number of thiophene rings is 1. The number of aliphatic carboxylic acids is 2. The molecule has 2 aromatic heterocycles. The Kier molecular flexibility index (Phi) is 10.3. The molecule has 0 amide bonds. The first-order chi connectivity index (χ1) is 15.1. The number of aromatic nitrogens is 1. The first kappa shape index (κ1) is 28.4. The molecule has 0 unspecified atom stereocenters. The molecule has 1 aliphatic heterocycles. The predicted molar refractivity (Wildman–Crippen MR) is 103 cm³/mol. The van der Waals surface area contributed by atoms with E-state index in [1.54, 1.807) is 11.3 Å². The molecule has 0 radical (unpaired) electrons. The summed E-state index contributed by atoms with van der Waals surface area (Å²) < 4.78 is 68.9. The van der Waals surface area contributed by atoms with Crippen molar-refractivity contribution in [2.24, 2.45) is 0 Å². The fraction of sp³-hybridized carbons (Fsp3) is 0.500. The van der Waals surface area contributed by atoms with E-state index in [1.165, 1.54) is 11.1 Å². The zero-order valence-electron chi connectivity index (χ0n) is 17.4. The molecular formula is C18H21F6N3O5S. The van der Waals surface area contributed by atoms with Crippen molar-refractivity contribution in [2.75, 3.05) is 20.6 Å². The standard InChI is InChI=1S/C14H19N3OS.2C2HF3O2/c1-16(2)9-13-12-8-17(5-3-14(12)18-15-13)7-11-4-6-19-10-11;2*3-2(4,5)1(6)7/h4,6,10H,3,5,7-9H2,1-2H3;2*(H,6,7). The maximum atomic E-state index is 10.6. The average Bonchev–Trinajstić information content (AvgIpc) is 3.31. The molecule has 3 heterocycles. The minimum Gasteiger partial charge on any atom is -0.475 e. The third kappa shape index (κ3) is 10.2. The summed E-state index contributed by atoms with van der Waals surface area (Å²) in [6, 6.07) is 2.20. The summed E-state index contributed by atoms with van der Waals surface area (Å²) in [5.74, 6) is -4.43. The van der Waals surface area contributed by atoms with E-state index in [0.717, 1.165) is 44.1 Å². The number of halogens is 6. The quantitative estimate of drug-likeness (QED) is 0.607. The number of carbonyl (C=O) groups is 2. The van der Waals surface area contributed by atoms with Crippen molar-refractivity contribution in [3.63, 3.8) is 0 Å². The molecule has 1 aliphatic rings. The van der Waals surface area contributed by atoms with Crippen LogP contribution in [0.2, 0.25) is 0 Å². The Morgan fingerprint density at radius 3 is 2.12 bits per heavy atom. The van der Waals surface area contributed by atoms with Gasteiger partial charge in [0.15, 0.2) is 0 Å². The van der Waals surface area contributed by atoms with Gasteiger partial charge in [-0.15, -0.1) is 0 Å². The van der Waals surface area contributed by atoms with Crippen molar-refractivity contribution in [3.05, 3.63) is 39.4 Å². The van der Waals surface area contributed by atoms with Gasteiger partial charge in [0, 0.05) is 38.2 Å². The number of nitrogens with zero attached hydrogens (tertiary/aromatic N) is 3. The number of carboxylic acid groups (broad SMARTS) is 2. The number of alkyl halides is 6. The molecule has 2 N–H and O–H groups in total. The minimum atomic E-state index is -5.08. The molecule has 2 aromatic rings. The molecule has 0 atom stereocenters. The van der Waals surface area contributed by atoms with Gasteiger partial charge < -0.3 is 19.6 Å². The van der Waals surface area contributed by atoms with E-state index in [0.29, 0.717) is 0 Å². The van der Waals surface area contributed by atoms with Gasteiger partial charge in [0.2, 0.25) is 0 Å². The van der Waals surface area contributed by atoms with Crippen molar-refractivity contribution in [3.8, 4) is 0 Å². The summed E-state index contributed by atoms with van der Waals surface area (Å²) in [4.78, 5) is 22.4. The molecule has 186 valence electrons. The SMILES string of the molecule is CN(C)Cc1noc2c1CN(Cc1ccsc1)CC2.O=C(O)C(F)(F)F.O=C(O)C(F)(F)F. The Morgan fingerprint density at radius 2 is 1.70 bits per heavy atom. The zero-order valence-corrected chi connectivity index (χ0v) is 18.2. The summed E-state index contributed by atoms with van der Waals surface area (Å²) in [7, 11) is 4.13. The Hall–Kier alpha value is -2.65. The van der Waals surface area contributed by atoms with Crippen LogP contribution < -0.4 is 0 Å². The van der Waals surface area contributed by atoms with Crippen molar-refractivity contribution < 1.29 is 50.7 Å². The second kappa shape index (κ2) is 12.0. The lowest BCUT2D eigenvalue weighted by atomic mass is 10.1. The van der Waals surface area contributed by atoms with Crippen molar-refractivity contribution in [2.45, 2.75) is 38.4 Å². The van der Waals surface area contributed by atoms with Crippen LogP contribution in [0.25, 0.3) is 0 Å². The zero-order chi connectivity index (χ0) is 25.4. The van der Waals surface area contributed by atoms with Crippen molar-refractivity contribution in [1.29, 1.82) is 0 Å². The second-order valence-corrected chi connectivity index (χ2v) is 7.75. The first-order valence-electron chi connectivity index (χ1n) is 9.06. The molecule has 8 nitrogen and oxygen atoms in total. The third-order valence-corrected chi connectivity index (χ3v) is 4.66. The second-order valence-electron chi connectivity index (χ2n) is 6.97. The van der Waals surface area contributed by atoms with Gasteiger partial charge in [-0.05, 0) is 36.5 Å². The molecule has 0 aromatic carbocycles. The summed E-state index contributed by atoms with van der Waals surface area (Å²) in [6.07, 6.45) is -9.19. The molecule has 0 bridgehead atoms. The minimum absolute atomic E-state index is 0.852. The normalized spacial score (nSPS) is 14.0. The van der Waals surface area contributed by atoms with Crippen LogP contribution in [0.3, 0.4) is 0 Å². The van der Waals surface area contributed by atoms with Gasteiger partial charge in [-0.25, -0.2) is 9.59 Å². The number of hydrogen-bond acceptors (Lipinski definition) is 7. The van der Waals surface area contributed by atoms with Crippen LogP contribution in [0.5, 0.6) is 0 Å². The fourth-order valence-corrected chi connectivity index (χ4v) is 3.18. The lowest BCUT2D eigenvalue weighted by molar-refractivity contribution is -0.193. The number of fused-ring (bicyclic) bond motifs is 1. The maximum Gasteiger partial charge on any atom is 0.490 e. The van der Waals surface area contributed by atoms with Crippen molar-refractivity contribution in [1.82, 2.24) is 15.0 Å². The lowest BCUT2D eigenvalue weighted by Gasteiger charge is -2.25. The van der Waals surface area contributed by atoms with Gasteiger partial charge in [-0.2, -0.15) is 37.7 Å². The maximum absolute atomic E-state index is 10.6. The molecule has 0 aliphatic carbocycles. The van der Waals surface area contributed by atoms with Gasteiger partial charge in [0.25, 0.3) is 0 Å². The van der Waals surface area contributed by atoms with Crippen LogP contribution in [-0.2, 0) is 35.6 Å². The van der Waals surface area contributed by atoms with E-state index in [-0.39, 0.29) is 0 Å². The van der Waals surface area contributed by atoms with E-state index in [1.807, 2.05) is 0 Å². The van der Waals surface area contributed by atoms with E-state index < -0.39 is 24.3 Å². The van der Waals surface area contributed by atoms with Crippen LogP contribution in [-0.4, -0.2) is 70.1 Å². The first-order valence-corrected chi connectivity index (χ1v) is 10.00. The summed E-state index contributed by atoms with van der Waals surface area (Å²) in [5.41, 5.74) is 3.80. The molecule has 0 spiro atoms. The highest BCUT2D eigenvalue weighted by Crippen LogP contribution is 2.24. The van der Waals surface area contributed by atoms with Gasteiger partial charge in [-0.1, -0.05) is 5.16 Å². The Morgan fingerprint density at radius 1 is 1.15 bits per heavy atom. The third-order valence-electron chi connectivity index (χ3n) is 3.93. The Bertz CT molecular complexity index is 873. The van der Waals surface area contributed by atoms with Crippen LogP contribution in [0.15, 0.2) is 21.3 Å². The van der Waals surface area contributed by atoms with Crippen LogP contribution in [0.4, 0.5) is 26.3 Å². The molecule has 15 heteroatoms. The molecule has 33 heavy (non-hydrogen) atoms. The summed E-state index contributed by atoms with van der Waals surface area (Å²) >= 11 is 1.76. The van der Waals surface area contributed by atoms with E-state index >= 15 is 0 Å². The highest BCUT2D eigenvalue weighted by atomic mass is 32.1. The monoisotopic (exact) mass is 505 g/mol. The fourth-order valence-electron chi connectivity index (χ4n) is 2.52. The molecular weight excluding hydrogens is 484 g/mol. The number of rotatable bonds is 4.